The second kappa shape index (κ2) is 9.68. The van der Waals surface area contributed by atoms with Crippen LogP contribution in [0.15, 0.2) is 0 Å². The van der Waals surface area contributed by atoms with E-state index in [1.54, 1.807) is 0 Å². The molecule has 4 nitrogen and oxygen atoms in total. The Hall–Kier alpha value is 0.589. The van der Waals surface area contributed by atoms with E-state index in [0.717, 1.165) is 37.5 Å². The average molecular weight is 386 g/mol. The van der Waals surface area contributed by atoms with E-state index in [4.69, 9.17) is 13.3 Å². The van der Waals surface area contributed by atoms with Gasteiger partial charge in [0.25, 0.3) is 14.1 Å². The fourth-order valence-electron chi connectivity index (χ4n) is 4.65. The first kappa shape index (κ1) is 21.9. The Balaban J connectivity index is 2.10. The van der Waals surface area contributed by atoms with Crippen molar-refractivity contribution in [2.45, 2.75) is 88.7 Å². The summed E-state index contributed by atoms with van der Waals surface area (Å²) in [7, 11) is -2.57. The van der Waals surface area contributed by atoms with Gasteiger partial charge < -0.3 is 13.3 Å². The zero-order chi connectivity index (χ0) is 18.6. The zero-order valence-corrected chi connectivity index (χ0v) is 19.7. The maximum atomic E-state index is 6.53. The van der Waals surface area contributed by atoms with Gasteiger partial charge in [0.1, 0.15) is 0 Å². The predicted molar refractivity (Wildman–Crippen MR) is 108 cm³/mol. The standard InChI is InChI=1S/C11H22NO3Si.2C4H9.Al/c1-5-16-13-9(2)6-12(7-10(3)14-16)8-11(4)15-16;2*1-4(2)3;/h9-11H,1,5-8H2,2-4H3;2*4H,1H2,2-3H3;. The monoisotopic (exact) mass is 385 g/mol. The SMILES string of the molecule is CC(C)[CH2][Al]([CH2]C[Si]12OC(C)CN(CC(C)O1)CC(C)O2)[CH2]C(C)C. The third-order valence-electron chi connectivity index (χ3n) is 5.16. The minimum atomic E-state index is -2.57. The van der Waals surface area contributed by atoms with Crippen LogP contribution < -0.4 is 0 Å². The minimum absolute atomic E-state index is 0.210. The van der Waals surface area contributed by atoms with E-state index in [0.29, 0.717) is 0 Å². The van der Waals surface area contributed by atoms with Crippen LogP contribution >= 0.6 is 0 Å². The van der Waals surface area contributed by atoms with Gasteiger partial charge in [-0.1, -0.05) is 55.4 Å². The minimum Gasteiger partial charge on any atom is -0.369 e. The summed E-state index contributed by atoms with van der Waals surface area (Å²) in [5, 5.41) is 4.16. The fraction of sp³-hybridized carbons (Fsp3) is 1.00. The fourth-order valence-corrected chi connectivity index (χ4v) is 13.6. The first-order valence-electron chi connectivity index (χ1n) is 10.4. The van der Waals surface area contributed by atoms with Crippen LogP contribution in [0.5, 0.6) is 0 Å². The molecule has 3 heterocycles. The van der Waals surface area contributed by atoms with Gasteiger partial charge in [-0.2, -0.15) is 0 Å². The van der Waals surface area contributed by atoms with E-state index in [9.17, 15) is 0 Å². The van der Waals surface area contributed by atoms with Gasteiger partial charge >= 0.3 is 8.80 Å². The first-order chi connectivity index (χ1) is 11.7. The Morgan fingerprint density at radius 3 is 1.60 bits per heavy atom. The van der Waals surface area contributed by atoms with Crippen molar-refractivity contribution in [2.24, 2.45) is 11.8 Å². The van der Waals surface area contributed by atoms with Gasteiger partial charge in [0.15, 0.2) is 0 Å². The maximum Gasteiger partial charge on any atom is 0.500 e. The largest absolute Gasteiger partial charge is 0.500 e. The van der Waals surface area contributed by atoms with Crippen LogP contribution in [-0.4, -0.2) is 65.8 Å². The molecule has 3 atom stereocenters. The topological polar surface area (TPSA) is 30.9 Å². The van der Waals surface area contributed by atoms with E-state index in [1.807, 2.05) is 0 Å². The lowest BCUT2D eigenvalue weighted by molar-refractivity contribution is -0.0783. The van der Waals surface area contributed by atoms with Gasteiger partial charge in [0, 0.05) is 25.7 Å². The normalized spacial score (nSPS) is 36.4. The molecule has 6 heteroatoms. The summed E-state index contributed by atoms with van der Waals surface area (Å²) < 4.78 is 19.6. The van der Waals surface area contributed by atoms with E-state index < -0.39 is 23.0 Å². The van der Waals surface area contributed by atoms with Crippen LogP contribution in [0.4, 0.5) is 0 Å². The van der Waals surface area contributed by atoms with Crippen molar-refractivity contribution in [2.75, 3.05) is 19.6 Å². The second-order valence-electron chi connectivity index (χ2n) is 9.35. The molecule has 146 valence electrons. The molecule has 3 rings (SSSR count). The number of rotatable bonds is 7. The van der Waals surface area contributed by atoms with Crippen LogP contribution in [0.1, 0.15) is 48.5 Å². The molecule has 3 unspecified atom stereocenters. The van der Waals surface area contributed by atoms with Crippen molar-refractivity contribution in [1.29, 1.82) is 0 Å². The molecule has 0 radical (unpaired) electrons. The molecule has 0 aromatic rings. The first-order valence-corrected chi connectivity index (χ1v) is 14.8. The molecular weight excluding hydrogens is 345 g/mol. The molecular formula is C19H40AlNO3Si. The third kappa shape index (κ3) is 7.25. The second-order valence-corrected chi connectivity index (χ2v) is 15.2. The van der Waals surface area contributed by atoms with E-state index in [2.05, 4.69) is 53.4 Å². The maximum absolute atomic E-state index is 6.53. The highest BCUT2D eigenvalue weighted by molar-refractivity contribution is 6.65. The summed E-state index contributed by atoms with van der Waals surface area (Å²) >= 11 is -0.779. The summed E-state index contributed by atoms with van der Waals surface area (Å²) in [5.74, 6) is 1.61. The molecule has 0 aromatic heterocycles. The summed E-state index contributed by atoms with van der Waals surface area (Å²) in [6, 6.07) is 1.03. The zero-order valence-electron chi connectivity index (χ0n) is 17.6. The lowest BCUT2D eigenvalue weighted by Crippen LogP contribution is -2.61. The van der Waals surface area contributed by atoms with Gasteiger partial charge in [-0.05, 0) is 20.8 Å². The van der Waals surface area contributed by atoms with Crippen LogP contribution in [0.25, 0.3) is 0 Å². The van der Waals surface area contributed by atoms with Crippen molar-refractivity contribution in [1.82, 2.24) is 4.90 Å². The number of hydrogen-bond acceptors (Lipinski definition) is 4. The van der Waals surface area contributed by atoms with Crippen LogP contribution in [-0.2, 0) is 13.3 Å². The van der Waals surface area contributed by atoms with Crippen molar-refractivity contribution < 1.29 is 13.3 Å². The van der Waals surface area contributed by atoms with Crippen LogP contribution in [0.2, 0.25) is 21.9 Å². The van der Waals surface area contributed by atoms with E-state index in [1.165, 1.54) is 15.8 Å². The highest BCUT2D eigenvalue weighted by Gasteiger charge is 2.49. The van der Waals surface area contributed by atoms with Crippen molar-refractivity contribution in [3.05, 3.63) is 0 Å². The molecule has 0 spiro atoms. The summed E-state index contributed by atoms with van der Waals surface area (Å²) in [6.07, 6.45) is 0.631. The Kier molecular flexibility index (Phi) is 8.48. The summed E-state index contributed by atoms with van der Waals surface area (Å²) in [5.41, 5.74) is 0. The Morgan fingerprint density at radius 1 is 0.840 bits per heavy atom. The lowest BCUT2D eigenvalue weighted by Gasteiger charge is -2.45. The molecule has 3 aliphatic heterocycles. The average Bonchev–Trinajstić information content (AvgIpc) is 2.39. The van der Waals surface area contributed by atoms with Gasteiger partial charge in [0.05, 0.1) is 18.3 Å². The molecule has 2 bridgehead atoms. The summed E-state index contributed by atoms with van der Waals surface area (Å²) in [4.78, 5) is 2.44. The van der Waals surface area contributed by atoms with Gasteiger partial charge in [-0.3, -0.25) is 4.90 Å². The van der Waals surface area contributed by atoms with E-state index in [-0.39, 0.29) is 18.3 Å². The van der Waals surface area contributed by atoms with E-state index >= 15 is 0 Å². The van der Waals surface area contributed by atoms with Crippen LogP contribution in [0, 0.1) is 11.8 Å². The predicted octanol–water partition coefficient (Wildman–Crippen LogP) is 4.28. The molecule has 0 amide bonds. The number of nitrogens with zero attached hydrogens (tertiary/aromatic N) is 1. The molecule has 0 N–H and O–H groups in total. The summed E-state index contributed by atoms with van der Waals surface area (Å²) in [6.45, 7) is 19.1. The molecule has 3 fully saturated rings. The Morgan fingerprint density at radius 2 is 1.24 bits per heavy atom. The molecule has 0 aliphatic carbocycles. The van der Waals surface area contributed by atoms with Gasteiger partial charge in [-0.25, -0.2) is 0 Å². The van der Waals surface area contributed by atoms with Crippen molar-refractivity contribution in [3.63, 3.8) is 0 Å². The highest BCUT2D eigenvalue weighted by atomic mass is 28.4. The molecule has 25 heavy (non-hydrogen) atoms. The van der Waals surface area contributed by atoms with Gasteiger partial charge in [0.2, 0.25) is 0 Å². The van der Waals surface area contributed by atoms with Crippen LogP contribution in [0.3, 0.4) is 0 Å². The molecule has 0 aromatic carbocycles. The number of fused-ring (bicyclic) bond motifs is 6. The molecule has 3 aliphatic rings. The smallest absolute Gasteiger partial charge is 0.369 e. The third-order valence-corrected chi connectivity index (χ3v) is 13.2. The molecule has 0 saturated carbocycles. The lowest BCUT2D eigenvalue weighted by atomic mass is 10.2. The molecule has 3 saturated heterocycles. The van der Waals surface area contributed by atoms with Crippen molar-refractivity contribution in [3.8, 4) is 0 Å². The Labute approximate surface area is 161 Å². The number of hydrogen-bond donors (Lipinski definition) is 0. The Bertz CT molecular complexity index is 364. The van der Waals surface area contributed by atoms with Gasteiger partial charge in [-0.15, -0.1) is 0 Å². The highest BCUT2D eigenvalue weighted by Crippen LogP contribution is 2.31. The quantitative estimate of drug-likeness (QED) is 0.612. The van der Waals surface area contributed by atoms with Crippen molar-refractivity contribution >= 4 is 23.0 Å².